The first-order valence-electron chi connectivity index (χ1n) is 15.0. The van der Waals surface area contributed by atoms with Crippen LogP contribution in [0.15, 0.2) is 84.9 Å². The summed E-state index contributed by atoms with van der Waals surface area (Å²) >= 11 is 0. The van der Waals surface area contributed by atoms with Crippen molar-refractivity contribution in [3.63, 3.8) is 0 Å². The van der Waals surface area contributed by atoms with Crippen molar-refractivity contribution in [3.05, 3.63) is 107 Å². The van der Waals surface area contributed by atoms with Gasteiger partial charge in [-0.3, -0.25) is 24.7 Å². The molecule has 0 bridgehead atoms. The fourth-order valence-corrected chi connectivity index (χ4v) is 6.03. The average molecular weight is 636 g/mol. The molecule has 4 aromatic rings. The first kappa shape index (κ1) is 31.1. The molecular weight excluding hydrogens is 602 g/mol. The summed E-state index contributed by atoms with van der Waals surface area (Å²) in [7, 11) is 0. The van der Waals surface area contributed by atoms with E-state index in [4.69, 9.17) is 20.6 Å². The number of nitrogens with one attached hydrogen (secondary N) is 2. The monoisotopic (exact) mass is 635 g/mol. The summed E-state index contributed by atoms with van der Waals surface area (Å²) in [6, 6.07) is 23.3. The van der Waals surface area contributed by atoms with Gasteiger partial charge in [-0.15, -0.1) is 0 Å². The number of carboxylic acid groups (broad SMARTS) is 1. The number of urea groups is 1. The van der Waals surface area contributed by atoms with E-state index in [1.807, 2.05) is 42.5 Å². The highest BCUT2D eigenvalue weighted by molar-refractivity contribution is 6.09. The Morgan fingerprint density at radius 3 is 2.36 bits per heavy atom. The topological polar surface area (TPSA) is 175 Å². The average Bonchev–Trinajstić information content (AvgIpc) is 3.24. The number of carbonyl (C=O) groups excluding carboxylic acids is 3. The molecule has 12 nitrogen and oxygen atoms in total. The normalized spacial score (nSPS) is 17.9. The molecule has 4 aromatic carbocycles. The summed E-state index contributed by atoms with van der Waals surface area (Å²) < 4.78 is 11.2. The Balaban J connectivity index is 1.29. The number of rotatable bonds is 10. The summed E-state index contributed by atoms with van der Waals surface area (Å²) in [4.78, 5) is 55.8. The Hall–Kier alpha value is -5.91. The number of amides is 4. The molecule has 2 atom stereocenters. The molecule has 0 saturated carbocycles. The van der Waals surface area contributed by atoms with Crippen LogP contribution in [0.2, 0.25) is 0 Å². The van der Waals surface area contributed by atoms with Crippen molar-refractivity contribution >= 4 is 40.4 Å². The molecule has 1 fully saturated rings. The summed E-state index contributed by atoms with van der Waals surface area (Å²) in [6.07, 6.45) is -0.443. The molecule has 4 amide bonds. The molecule has 2 aliphatic rings. The third kappa shape index (κ3) is 6.05. The van der Waals surface area contributed by atoms with E-state index in [1.54, 1.807) is 49.4 Å². The molecule has 47 heavy (non-hydrogen) atoms. The molecule has 0 aliphatic carbocycles. The van der Waals surface area contributed by atoms with Crippen molar-refractivity contribution in [3.8, 4) is 11.5 Å². The summed E-state index contributed by atoms with van der Waals surface area (Å²) in [5.74, 6) is -1.69. The maximum absolute atomic E-state index is 14.2. The smallest absolute Gasteiger partial charge is 0.328 e. The third-order valence-corrected chi connectivity index (χ3v) is 8.56. The Morgan fingerprint density at radius 1 is 0.957 bits per heavy atom. The zero-order valence-corrected chi connectivity index (χ0v) is 25.6. The third-order valence-electron chi connectivity index (χ3n) is 8.56. The lowest BCUT2D eigenvalue weighted by Crippen LogP contribution is -2.44. The number of ether oxygens (including phenoxy) is 2. The number of nitrogens with zero attached hydrogens (tertiary/aromatic N) is 2. The van der Waals surface area contributed by atoms with Crippen LogP contribution in [-0.4, -0.2) is 64.3 Å². The van der Waals surface area contributed by atoms with Gasteiger partial charge in [-0.1, -0.05) is 66.7 Å². The van der Waals surface area contributed by atoms with E-state index in [9.17, 15) is 24.3 Å². The molecule has 6 rings (SSSR count). The summed E-state index contributed by atoms with van der Waals surface area (Å²) in [6.45, 7) is 1.77. The molecule has 2 unspecified atom stereocenters. The lowest BCUT2D eigenvalue weighted by molar-refractivity contribution is -0.139. The lowest BCUT2D eigenvalue weighted by atomic mass is 9.89. The van der Waals surface area contributed by atoms with Gasteiger partial charge in [0.05, 0.1) is 12.5 Å². The van der Waals surface area contributed by atoms with Crippen molar-refractivity contribution in [2.45, 2.75) is 31.5 Å². The predicted molar refractivity (Wildman–Crippen MR) is 172 cm³/mol. The fourth-order valence-electron chi connectivity index (χ4n) is 6.03. The van der Waals surface area contributed by atoms with Gasteiger partial charge in [0.2, 0.25) is 5.91 Å². The Kier molecular flexibility index (Phi) is 8.25. The zero-order valence-electron chi connectivity index (χ0n) is 25.6. The molecule has 0 radical (unpaired) electrons. The molecule has 0 spiro atoms. The lowest BCUT2D eigenvalue weighted by Gasteiger charge is -2.32. The second-order valence-electron chi connectivity index (χ2n) is 11.6. The molecule has 240 valence electrons. The largest absolute Gasteiger partial charge is 0.486 e. The van der Waals surface area contributed by atoms with Gasteiger partial charge in [-0.2, -0.15) is 0 Å². The first-order valence-corrected chi connectivity index (χ1v) is 15.0. The molecule has 12 heteroatoms. The highest BCUT2D eigenvalue weighted by atomic mass is 16.6. The number of carboxylic acids is 1. The van der Waals surface area contributed by atoms with Crippen LogP contribution in [0.1, 0.15) is 41.6 Å². The Morgan fingerprint density at radius 2 is 1.66 bits per heavy atom. The van der Waals surface area contributed by atoms with Crippen LogP contribution in [-0.2, 0) is 26.5 Å². The van der Waals surface area contributed by atoms with Gasteiger partial charge in [0.25, 0.3) is 5.91 Å². The Labute approximate surface area is 270 Å². The number of nitrogens with two attached hydrogens (primary N) is 1. The van der Waals surface area contributed by atoms with Crippen LogP contribution in [0.3, 0.4) is 0 Å². The van der Waals surface area contributed by atoms with Gasteiger partial charge in [0.15, 0.2) is 11.5 Å². The maximum atomic E-state index is 14.2. The highest BCUT2D eigenvalue weighted by Crippen LogP contribution is 2.39. The summed E-state index contributed by atoms with van der Waals surface area (Å²) in [5.41, 5.74) is 6.32. The van der Waals surface area contributed by atoms with Gasteiger partial charge in [-0.25, -0.2) is 4.79 Å². The summed E-state index contributed by atoms with van der Waals surface area (Å²) in [5, 5.41) is 22.0. The number of aliphatic carboxylic acids is 1. The SMILES string of the molecule is CC1(c2ccc(C(=N)N)cc2)C(=O)N(CC(=O)NC(CC(=O)O)c2ccc3c(c2)OCCO3)C(=O)N1Cc1ccc2ccccc2c1. The van der Waals surface area contributed by atoms with E-state index in [1.165, 1.54) is 4.90 Å². The van der Waals surface area contributed by atoms with E-state index in [0.717, 1.165) is 21.2 Å². The van der Waals surface area contributed by atoms with Crippen LogP contribution in [0.4, 0.5) is 4.79 Å². The van der Waals surface area contributed by atoms with E-state index in [-0.39, 0.29) is 12.4 Å². The minimum Gasteiger partial charge on any atom is -0.486 e. The first-order chi connectivity index (χ1) is 22.5. The molecule has 2 heterocycles. The van der Waals surface area contributed by atoms with E-state index >= 15 is 0 Å². The number of fused-ring (bicyclic) bond motifs is 2. The van der Waals surface area contributed by atoms with Crippen molar-refractivity contribution in [1.82, 2.24) is 15.1 Å². The number of benzene rings is 4. The molecular formula is C35H33N5O7. The van der Waals surface area contributed by atoms with Gasteiger partial charge in [0, 0.05) is 12.1 Å². The van der Waals surface area contributed by atoms with E-state index < -0.39 is 48.4 Å². The van der Waals surface area contributed by atoms with E-state index in [2.05, 4.69) is 5.32 Å². The van der Waals surface area contributed by atoms with Gasteiger partial charge >= 0.3 is 12.0 Å². The number of hydrogen-bond donors (Lipinski definition) is 4. The highest BCUT2D eigenvalue weighted by Gasteiger charge is 2.55. The van der Waals surface area contributed by atoms with Crippen LogP contribution in [0.25, 0.3) is 10.8 Å². The predicted octanol–water partition coefficient (Wildman–Crippen LogP) is 3.91. The van der Waals surface area contributed by atoms with Crippen molar-refractivity contribution in [1.29, 1.82) is 5.41 Å². The van der Waals surface area contributed by atoms with Crippen LogP contribution >= 0.6 is 0 Å². The van der Waals surface area contributed by atoms with Crippen molar-refractivity contribution in [2.24, 2.45) is 5.73 Å². The minimum absolute atomic E-state index is 0.0668. The van der Waals surface area contributed by atoms with Crippen LogP contribution in [0.5, 0.6) is 11.5 Å². The zero-order chi connectivity index (χ0) is 33.3. The fraction of sp³-hybridized carbons (Fsp3) is 0.229. The molecule has 1 saturated heterocycles. The molecule has 5 N–H and O–H groups in total. The van der Waals surface area contributed by atoms with Crippen molar-refractivity contribution in [2.75, 3.05) is 19.8 Å². The van der Waals surface area contributed by atoms with Gasteiger partial charge in [0.1, 0.15) is 31.1 Å². The number of nitrogen functional groups attached to an aromatic ring is 1. The second kappa shape index (κ2) is 12.5. The minimum atomic E-state index is -1.51. The number of imide groups is 1. The molecule has 0 aromatic heterocycles. The number of hydrogen-bond acceptors (Lipinski definition) is 7. The van der Waals surface area contributed by atoms with Gasteiger partial charge in [-0.05, 0) is 52.6 Å². The van der Waals surface area contributed by atoms with Crippen LogP contribution in [0, 0.1) is 5.41 Å². The number of amidine groups is 1. The van der Waals surface area contributed by atoms with Crippen molar-refractivity contribution < 1.29 is 33.8 Å². The molecule has 2 aliphatic heterocycles. The number of carbonyl (C=O) groups is 4. The maximum Gasteiger partial charge on any atom is 0.328 e. The van der Waals surface area contributed by atoms with E-state index in [0.29, 0.717) is 41.4 Å². The quantitative estimate of drug-likeness (QED) is 0.115. The van der Waals surface area contributed by atoms with Gasteiger partial charge < -0.3 is 30.5 Å². The second-order valence-corrected chi connectivity index (χ2v) is 11.6. The Bertz CT molecular complexity index is 1910. The standard InChI is InChI=1S/C35H33N5O7/c1-35(26-11-8-23(9-12-26)32(36)37)33(44)39(34(45)40(35)19-21-6-7-22-4-2-3-5-24(22)16-21)20-30(41)38-27(18-31(42)43)25-10-13-28-29(17-25)47-15-14-46-28/h2-13,16-17,27H,14-15,18-20H2,1H3,(H3,36,37)(H,38,41)(H,42,43). The van der Waals surface area contributed by atoms with Crippen LogP contribution < -0.4 is 20.5 Å².